The maximum absolute atomic E-state index is 12.3. The molecule has 3 rings (SSSR count). The fourth-order valence-corrected chi connectivity index (χ4v) is 3.24. The van der Waals surface area contributed by atoms with Crippen LogP contribution in [0, 0.1) is 0 Å². The molecule has 1 unspecified atom stereocenters. The number of hydrogen-bond donors (Lipinski definition) is 3. The zero-order chi connectivity index (χ0) is 22.1. The van der Waals surface area contributed by atoms with Crippen LogP contribution in [0.5, 0.6) is 0 Å². The Bertz CT molecular complexity index is 880. The molecule has 0 spiro atoms. The fourth-order valence-electron chi connectivity index (χ4n) is 3.24. The normalized spacial score (nSPS) is 15.0. The van der Waals surface area contributed by atoms with Crippen LogP contribution in [0.2, 0.25) is 0 Å². The summed E-state index contributed by atoms with van der Waals surface area (Å²) in [6.45, 7) is 4.92. The molecule has 8 nitrogen and oxygen atoms in total. The largest absolute Gasteiger partial charge is 0.379 e. The van der Waals surface area contributed by atoms with Crippen LogP contribution in [0.1, 0.15) is 23.7 Å². The highest BCUT2D eigenvalue weighted by Gasteiger charge is 2.15. The predicted octanol–water partition coefficient (Wildman–Crippen LogP) is 2.10. The van der Waals surface area contributed by atoms with Gasteiger partial charge >= 0.3 is 0 Å². The molecule has 0 saturated carbocycles. The summed E-state index contributed by atoms with van der Waals surface area (Å²) in [4.78, 5) is 38.6. The first-order chi connectivity index (χ1) is 15.0. The third-order valence-corrected chi connectivity index (χ3v) is 4.83. The number of ether oxygens (including phenoxy) is 1. The van der Waals surface area contributed by atoms with E-state index in [9.17, 15) is 14.4 Å². The van der Waals surface area contributed by atoms with Crippen LogP contribution >= 0.6 is 0 Å². The first-order valence-electron chi connectivity index (χ1n) is 10.4. The van der Waals surface area contributed by atoms with Crippen LogP contribution in [0.15, 0.2) is 54.6 Å². The molecule has 3 N–H and O–H groups in total. The number of nitrogens with one attached hydrogen (secondary N) is 3. The second kappa shape index (κ2) is 11.2. The number of rotatable bonds is 8. The van der Waals surface area contributed by atoms with Gasteiger partial charge in [-0.05, 0) is 43.3 Å². The van der Waals surface area contributed by atoms with Gasteiger partial charge in [-0.2, -0.15) is 0 Å². The van der Waals surface area contributed by atoms with Crippen LogP contribution in [0.4, 0.5) is 11.4 Å². The highest BCUT2D eigenvalue weighted by Crippen LogP contribution is 2.14. The van der Waals surface area contributed by atoms with Crippen molar-refractivity contribution in [3.05, 3.63) is 60.2 Å². The monoisotopic (exact) mass is 424 g/mol. The smallest absolute Gasteiger partial charge is 0.251 e. The molecule has 31 heavy (non-hydrogen) atoms. The summed E-state index contributed by atoms with van der Waals surface area (Å²) in [5.74, 6) is -0.496. The molecule has 1 saturated heterocycles. The summed E-state index contributed by atoms with van der Waals surface area (Å²) in [5, 5.41) is 8.48. The third kappa shape index (κ3) is 7.51. The predicted molar refractivity (Wildman–Crippen MR) is 119 cm³/mol. The molecule has 3 amide bonds. The lowest BCUT2D eigenvalue weighted by molar-refractivity contribution is -0.118. The number of morpholine rings is 1. The van der Waals surface area contributed by atoms with Crippen molar-refractivity contribution >= 4 is 29.1 Å². The topological polar surface area (TPSA) is 99.8 Å². The van der Waals surface area contributed by atoms with Gasteiger partial charge in [0.15, 0.2) is 0 Å². The minimum atomic E-state index is -0.313. The highest BCUT2D eigenvalue weighted by atomic mass is 16.5. The van der Waals surface area contributed by atoms with E-state index in [0.29, 0.717) is 36.7 Å². The molecule has 2 aromatic rings. The lowest BCUT2D eigenvalue weighted by Crippen LogP contribution is -2.41. The lowest BCUT2D eigenvalue weighted by Gasteiger charge is -2.25. The van der Waals surface area contributed by atoms with Crippen LogP contribution in [0.25, 0.3) is 0 Å². The van der Waals surface area contributed by atoms with E-state index in [4.69, 9.17) is 4.74 Å². The fraction of sp³-hybridized carbons (Fsp3) is 0.348. The van der Waals surface area contributed by atoms with E-state index in [1.807, 2.05) is 11.0 Å². The van der Waals surface area contributed by atoms with Crippen LogP contribution < -0.4 is 16.0 Å². The maximum atomic E-state index is 12.3. The standard InChI is InChI=1S/C23H28N4O4/c1-17(24-23(30)18-5-3-2-4-6-18)15-21(28)25-19-7-9-20(10-8-19)26-22(29)16-27-11-13-31-14-12-27/h2-10,17H,11-16H2,1H3,(H,24,30)(H,25,28)(H,26,29). The second-order valence-corrected chi connectivity index (χ2v) is 7.51. The number of hydrogen-bond acceptors (Lipinski definition) is 5. The number of benzene rings is 2. The van der Waals surface area contributed by atoms with Gasteiger partial charge in [-0.3, -0.25) is 19.3 Å². The molecule has 0 radical (unpaired) electrons. The molecular formula is C23H28N4O4. The van der Waals surface area contributed by atoms with Gasteiger partial charge in [0.05, 0.1) is 19.8 Å². The molecule has 164 valence electrons. The Hall–Kier alpha value is -3.23. The Labute approximate surface area is 182 Å². The van der Waals surface area contributed by atoms with E-state index in [1.165, 1.54) is 0 Å². The van der Waals surface area contributed by atoms with Gasteiger partial charge in [-0.25, -0.2) is 0 Å². The Morgan fingerprint density at radius 2 is 1.48 bits per heavy atom. The van der Waals surface area contributed by atoms with Crippen molar-refractivity contribution in [2.45, 2.75) is 19.4 Å². The second-order valence-electron chi connectivity index (χ2n) is 7.51. The van der Waals surface area contributed by atoms with Crippen molar-refractivity contribution < 1.29 is 19.1 Å². The molecule has 2 aromatic carbocycles. The summed E-state index contributed by atoms with van der Waals surface area (Å²) in [6.07, 6.45) is 0.149. The van der Waals surface area contributed by atoms with Crippen molar-refractivity contribution in [3.63, 3.8) is 0 Å². The summed E-state index contributed by atoms with van der Waals surface area (Å²) in [6, 6.07) is 15.5. The van der Waals surface area contributed by atoms with E-state index >= 15 is 0 Å². The maximum Gasteiger partial charge on any atom is 0.251 e. The zero-order valence-corrected chi connectivity index (χ0v) is 17.6. The molecule has 0 bridgehead atoms. The van der Waals surface area contributed by atoms with Gasteiger partial charge in [0, 0.05) is 42.5 Å². The Morgan fingerprint density at radius 3 is 2.10 bits per heavy atom. The average molecular weight is 425 g/mol. The molecule has 1 atom stereocenters. The molecule has 1 heterocycles. The third-order valence-electron chi connectivity index (χ3n) is 4.83. The quantitative estimate of drug-likeness (QED) is 0.603. The van der Waals surface area contributed by atoms with Gasteiger partial charge in [-0.15, -0.1) is 0 Å². The summed E-state index contributed by atoms with van der Waals surface area (Å²) in [5.41, 5.74) is 1.85. The number of anilines is 2. The van der Waals surface area contributed by atoms with E-state index in [1.54, 1.807) is 55.5 Å². The van der Waals surface area contributed by atoms with E-state index in [0.717, 1.165) is 13.1 Å². The Balaban J connectivity index is 1.41. The number of carbonyl (C=O) groups is 3. The number of carbonyl (C=O) groups excluding carboxylic acids is 3. The molecule has 1 aliphatic heterocycles. The Kier molecular flexibility index (Phi) is 8.14. The van der Waals surface area contributed by atoms with Crippen LogP contribution in [0.3, 0.4) is 0 Å². The average Bonchev–Trinajstić information content (AvgIpc) is 2.76. The van der Waals surface area contributed by atoms with Gasteiger partial charge in [0.2, 0.25) is 11.8 Å². The van der Waals surface area contributed by atoms with Gasteiger partial charge in [-0.1, -0.05) is 18.2 Å². The summed E-state index contributed by atoms with van der Waals surface area (Å²) < 4.78 is 5.28. The molecule has 8 heteroatoms. The van der Waals surface area contributed by atoms with E-state index in [-0.39, 0.29) is 30.2 Å². The van der Waals surface area contributed by atoms with Crippen molar-refractivity contribution in [1.82, 2.24) is 10.2 Å². The highest BCUT2D eigenvalue weighted by molar-refractivity contribution is 5.96. The first-order valence-corrected chi connectivity index (χ1v) is 10.4. The molecular weight excluding hydrogens is 396 g/mol. The molecule has 0 aliphatic carbocycles. The van der Waals surface area contributed by atoms with Crippen LogP contribution in [-0.4, -0.2) is 61.5 Å². The SMILES string of the molecule is CC(CC(=O)Nc1ccc(NC(=O)CN2CCOCC2)cc1)NC(=O)c1ccccc1. The van der Waals surface area contributed by atoms with Crippen molar-refractivity contribution in [1.29, 1.82) is 0 Å². The van der Waals surface area contributed by atoms with Gasteiger partial charge in [0.1, 0.15) is 0 Å². The van der Waals surface area contributed by atoms with E-state index in [2.05, 4.69) is 16.0 Å². The number of amides is 3. The van der Waals surface area contributed by atoms with Crippen molar-refractivity contribution in [2.75, 3.05) is 43.5 Å². The zero-order valence-electron chi connectivity index (χ0n) is 17.6. The molecule has 0 aromatic heterocycles. The van der Waals surface area contributed by atoms with Crippen LogP contribution in [-0.2, 0) is 14.3 Å². The molecule has 1 fully saturated rings. The Morgan fingerprint density at radius 1 is 0.903 bits per heavy atom. The number of nitrogens with zero attached hydrogens (tertiary/aromatic N) is 1. The summed E-state index contributed by atoms with van der Waals surface area (Å²) in [7, 11) is 0. The van der Waals surface area contributed by atoms with Crippen molar-refractivity contribution in [2.24, 2.45) is 0 Å². The van der Waals surface area contributed by atoms with Gasteiger partial charge in [0.25, 0.3) is 5.91 Å². The minimum Gasteiger partial charge on any atom is -0.379 e. The summed E-state index contributed by atoms with van der Waals surface area (Å²) >= 11 is 0. The van der Waals surface area contributed by atoms with Crippen molar-refractivity contribution in [3.8, 4) is 0 Å². The first kappa shape index (κ1) is 22.5. The lowest BCUT2D eigenvalue weighted by atomic mass is 10.1. The van der Waals surface area contributed by atoms with E-state index < -0.39 is 0 Å². The minimum absolute atomic E-state index is 0.0818. The van der Waals surface area contributed by atoms with Gasteiger partial charge < -0.3 is 20.7 Å². The molecule has 1 aliphatic rings.